The number of anilines is 1. The number of ether oxygens (including phenoxy) is 2. The summed E-state index contributed by atoms with van der Waals surface area (Å²) in [6.07, 6.45) is 0.806. The van der Waals surface area contributed by atoms with Gasteiger partial charge in [-0.25, -0.2) is 0 Å². The van der Waals surface area contributed by atoms with Crippen molar-refractivity contribution < 1.29 is 9.47 Å². The van der Waals surface area contributed by atoms with Crippen molar-refractivity contribution in [1.82, 2.24) is 4.98 Å². The van der Waals surface area contributed by atoms with Gasteiger partial charge in [-0.05, 0) is 37.6 Å². The first-order valence-corrected chi connectivity index (χ1v) is 6.22. The number of nitrogens with two attached hydrogens (primary N) is 1. The third kappa shape index (κ3) is 2.78. The van der Waals surface area contributed by atoms with Crippen LogP contribution in [0.5, 0.6) is 17.2 Å². The molecule has 0 spiro atoms. The van der Waals surface area contributed by atoms with Crippen molar-refractivity contribution >= 4 is 5.69 Å². The number of rotatable bonds is 4. The maximum absolute atomic E-state index is 5.99. The molecule has 0 unspecified atom stereocenters. The number of hydrogen-bond donors (Lipinski definition) is 1. The molecule has 2 rings (SSSR count). The predicted molar refractivity (Wildman–Crippen MR) is 75.8 cm³/mol. The Morgan fingerprint density at radius 2 is 1.84 bits per heavy atom. The zero-order valence-electron chi connectivity index (χ0n) is 11.4. The van der Waals surface area contributed by atoms with Crippen molar-refractivity contribution in [2.45, 2.75) is 20.3 Å². The lowest BCUT2D eigenvalue weighted by Gasteiger charge is -2.13. The van der Waals surface area contributed by atoms with Gasteiger partial charge in [-0.3, -0.25) is 4.98 Å². The van der Waals surface area contributed by atoms with Gasteiger partial charge in [0.05, 0.1) is 12.8 Å². The molecule has 0 fully saturated rings. The first kappa shape index (κ1) is 13.2. The Morgan fingerprint density at radius 1 is 1.11 bits per heavy atom. The van der Waals surface area contributed by atoms with Crippen molar-refractivity contribution in [3.63, 3.8) is 0 Å². The third-order valence-corrected chi connectivity index (χ3v) is 2.87. The van der Waals surface area contributed by atoms with Crippen molar-refractivity contribution in [2.75, 3.05) is 12.8 Å². The number of methoxy groups -OCH3 is 1. The molecule has 1 aromatic carbocycles. The Kier molecular flexibility index (Phi) is 3.90. The van der Waals surface area contributed by atoms with Gasteiger partial charge >= 0.3 is 0 Å². The van der Waals surface area contributed by atoms with Crippen LogP contribution in [-0.4, -0.2) is 12.1 Å². The van der Waals surface area contributed by atoms with Crippen LogP contribution in [0.4, 0.5) is 5.69 Å². The number of nitrogens with zero attached hydrogens (tertiary/aromatic N) is 1. The molecule has 19 heavy (non-hydrogen) atoms. The molecular weight excluding hydrogens is 240 g/mol. The number of hydrogen-bond acceptors (Lipinski definition) is 4. The Bertz CT molecular complexity index is 582. The molecule has 100 valence electrons. The highest BCUT2D eigenvalue weighted by atomic mass is 16.5. The molecule has 1 aromatic heterocycles. The molecule has 0 aliphatic carbocycles. The number of benzene rings is 1. The lowest BCUT2D eigenvalue weighted by molar-refractivity contribution is 0.411. The molecule has 4 heteroatoms. The molecular formula is C15H18N2O2. The van der Waals surface area contributed by atoms with E-state index >= 15 is 0 Å². The predicted octanol–water partition coefficient (Wildman–Crippen LogP) is 3.34. The average molecular weight is 258 g/mol. The second kappa shape index (κ2) is 5.61. The van der Waals surface area contributed by atoms with Crippen LogP contribution in [-0.2, 0) is 6.42 Å². The van der Waals surface area contributed by atoms with E-state index in [1.807, 2.05) is 38.1 Å². The van der Waals surface area contributed by atoms with Crippen LogP contribution in [0.3, 0.4) is 0 Å². The van der Waals surface area contributed by atoms with Crippen LogP contribution in [0, 0.1) is 6.92 Å². The van der Waals surface area contributed by atoms with E-state index in [1.165, 1.54) is 0 Å². The van der Waals surface area contributed by atoms with E-state index in [0.717, 1.165) is 23.6 Å². The molecule has 0 atom stereocenters. The summed E-state index contributed by atoms with van der Waals surface area (Å²) in [5.41, 5.74) is 8.38. The quantitative estimate of drug-likeness (QED) is 0.854. The summed E-state index contributed by atoms with van der Waals surface area (Å²) in [6, 6.07) is 9.30. The van der Waals surface area contributed by atoms with Gasteiger partial charge in [-0.15, -0.1) is 0 Å². The Morgan fingerprint density at radius 3 is 2.53 bits per heavy atom. The number of aryl methyl sites for hydroxylation is 2. The number of aromatic nitrogens is 1. The van der Waals surface area contributed by atoms with Gasteiger partial charge in [0.1, 0.15) is 17.2 Å². The van der Waals surface area contributed by atoms with Crippen molar-refractivity contribution in [3.8, 4) is 17.2 Å². The van der Waals surface area contributed by atoms with Crippen LogP contribution in [0.2, 0.25) is 0 Å². The fourth-order valence-corrected chi connectivity index (χ4v) is 1.85. The van der Waals surface area contributed by atoms with E-state index < -0.39 is 0 Å². The van der Waals surface area contributed by atoms with Gasteiger partial charge in [0.25, 0.3) is 0 Å². The fourth-order valence-electron chi connectivity index (χ4n) is 1.85. The second-order valence-corrected chi connectivity index (χ2v) is 4.23. The number of nitrogen functional groups attached to an aromatic ring is 1. The minimum Gasteiger partial charge on any atom is -0.494 e. The van der Waals surface area contributed by atoms with E-state index in [-0.39, 0.29) is 0 Å². The highest BCUT2D eigenvalue weighted by molar-refractivity contribution is 5.63. The van der Waals surface area contributed by atoms with Gasteiger partial charge in [0, 0.05) is 5.69 Å². The lowest BCUT2D eigenvalue weighted by atomic mass is 10.2. The average Bonchev–Trinajstić information content (AvgIpc) is 2.42. The minimum absolute atomic E-state index is 0.493. The normalized spacial score (nSPS) is 10.3. The summed E-state index contributed by atoms with van der Waals surface area (Å²) in [5.74, 6) is 1.92. The van der Waals surface area contributed by atoms with E-state index in [2.05, 4.69) is 4.98 Å². The highest BCUT2D eigenvalue weighted by Gasteiger charge is 2.10. The SMILES string of the molecule is CCc1nc(C)ccc1Oc1cccc(OC)c1N. The summed E-state index contributed by atoms with van der Waals surface area (Å²) >= 11 is 0. The summed E-state index contributed by atoms with van der Waals surface area (Å²) in [5, 5.41) is 0. The third-order valence-electron chi connectivity index (χ3n) is 2.87. The molecule has 2 aromatic rings. The number of para-hydroxylation sites is 1. The van der Waals surface area contributed by atoms with Gasteiger partial charge in [-0.2, -0.15) is 0 Å². The summed E-state index contributed by atoms with van der Waals surface area (Å²) in [6.45, 7) is 4.01. The van der Waals surface area contributed by atoms with Crippen LogP contribution in [0.1, 0.15) is 18.3 Å². The highest BCUT2D eigenvalue weighted by Crippen LogP contribution is 2.35. The van der Waals surface area contributed by atoms with E-state index in [1.54, 1.807) is 13.2 Å². The monoisotopic (exact) mass is 258 g/mol. The van der Waals surface area contributed by atoms with E-state index in [9.17, 15) is 0 Å². The molecule has 0 aliphatic rings. The summed E-state index contributed by atoms with van der Waals surface area (Å²) in [4.78, 5) is 4.46. The largest absolute Gasteiger partial charge is 0.494 e. The van der Waals surface area contributed by atoms with E-state index in [4.69, 9.17) is 15.2 Å². The fraction of sp³-hybridized carbons (Fsp3) is 0.267. The molecule has 0 radical (unpaired) electrons. The molecule has 0 saturated carbocycles. The maximum atomic E-state index is 5.99. The topological polar surface area (TPSA) is 57.4 Å². The molecule has 4 nitrogen and oxygen atoms in total. The van der Waals surface area contributed by atoms with Gasteiger partial charge in [-0.1, -0.05) is 13.0 Å². The van der Waals surface area contributed by atoms with E-state index in [0.29, 0.717) is 17.2 Å². The summed E-state index contributed by atoms with van der Waals surface area (Å²) < 4.78 is 11.0. The van der Waals surface area contributed by atoms with Crippen molar-refractivity contribution in [2.24, 2.45) is 0 Å². The first-order chi connectivity index (χ1) is 9.15. The molecule has 0 saturated heterocycles. The second-order valence-electron chi connectivity index (χ2n) is 4.23. The van der Waals surface area contributed by atoms with Crippen molar-refractivity contribution in [3.05, 3.63) is 41.7 Å². The maximum Gasteiger partial charge on any atom is 0.154 e. The van der Waals surface area contributed by atoms with Crippen LogP contribution in [0.15, 0.2) is 30.3 Å². The Balaban J connectivity index is 2.36. The van der Waals surface area contributed by atoms with Crippen LogP contribution in [0.25, 0.3) is 0 Å². The van der Waals surface area contributed by atoms with Gasteiger partial charge in [0.2, 0.25) is 0 Å². The van der Waals surface area contributed by atoms with Gasteiger partial charge < -0.3 is 15.2 Å². The molecule has 0 bridgehead atoms. The standard InChI is InChI=1S/C15H18N2O2/c1-4-11-12(9-8-10(2)17-11)19-14-7-5-6-13(18-3)15(14)16/h5-9H,4,16H2,1-3H3. The molecule has 2 N–H and O–H groups in total. The lowest BCUT2D eigenvalue weighted by Crippen LogP contribution is -1.99. The van der Waals surface area contributed by atoms with Crippen LogP contribution < -0.4 is 15.2 Å². The number of pyridine rings is 1. The molecule has 0 amide bonds. The summed E-state index contributed by atoms with van der Waals surface area (Å²) in [7, 11) is 1.58. The minimum atomic E-state index is 0.493. The first-order valence-electron chi connectivity index (χ1n) is 6.22. The van der Waals surface area contributed by atoms with Crippen LogP contribution >= 0.6 is 0 Å². The zero-order valence-corrected chi connectivity index (χ0v) is 11.4. The molecule has 1 heterocycles. The smallest absolute Gasteiger partial charge is 0.154 e. The zero-order chi connectivity index (χ0) is 13.8. The van der Waals surface area contributed by atoms with Gasteiger partial charge in [0.15, 0.2) is 5.75 Å². The Labute approximate surface area is 113 Å². The Hall–Kier alpha value is -2.23. The molecule has 0 aliphatic heterocycles. The van der Waals surface area contributed by atoms with Crippen molar-refractivity contribution in [1.29, 1.82) is 0 Å².